The average Bonchev–Trinajstić information content (AvgIpc) is 3.16. The van der Waals surface area contributed by atoms with E-state index in [1.54, 1.807) is 34.7 Å². The second-order valence-corrected chi connectivity index (χ2v) is 6.61. The van der Waals surface area contributed by atoms with Crippen LogP contribution in [0, 0.1) is 6.92 Å². The van der Waals surface area contributed by atoms with Gasteiger partial charge in [-0.05, 0) is 35.3 Å². The Bertz CT molecular complexity index is 854. The molecule has 1 atom stereocenters. The van der Waals surface area contributed by atoms with Crippen molar-refractivity contribution < 1.29 is 4.79 Å². The molecule has 0 saturated heterocycles. The van der Waals surface area contributed by atoms with Crippen LogP contribution < -0.4 is 5.32 Å². The highest BCUT2D eigenvalue weighted by Gasteiger charge is 2.16. The Morgan fingerprint density at radius 2 is 2.21 bits per heavy atom. The van der Waals surface area contributed by atoms with Gasteiger partial charge in [0.05, 0.1) is 17.2 Å². The SMILES string of the molecule is Cc1cccc(Cn2ccc(NC(=O)C(C)n3cc(Br)cn3)n2)c1. The first-order valence-electron chi connectivity index (χ1n) is 7.61. The predicted octanol–water partition coefficient (Wildman–Crippen LogP) is 3.40. The first-order chi connectivity index (χ1) is 11.5. The summed E-state index contributed by atoms with van der Waals surface area (Å²) in [6.07, 6.45) is 5.27. The highest BCUT2D eigenvalue weighted by molar-refractivity contribution is 9.10. The molecule has 0 radical (unpaired) electrons. The van der Waals surface area contributed by atoms with Gasteiger partial charge in [0.25, 0.3) is 0 Å². The number of halogens is 1. The summed E-state index contributed by atoms with van der Waals surface area (Å²) in [5.74, 6) is 0.372. The van der Waals surface area contributed by atoms with Crippen molar-refractivity contribution in [3.05, 3.63) is 64.5 Å². The number of nitrogens with zero attached hydrogens (tertiary/aromatic N) is 4. The van der Waals surface area contributed by atoms with Crippen molar-refractivity contribution in [3.8, 4) is 0 Å². The number of rotatable bonds is 5. The summed E-state index contributed by atoms with van der Waals surface area (Å²) in [5.41, 5.74) is 2.39. The van der Waals surface area contributed by atoms with Crippen LogP contribution in [0.15, 0.2) is 53.4 Å². The summed E-state index contributed by atoms with van der Waals surface area (Å²) >= 11 is 3.33. The van der Waals surface area contributed by atoms with Crippen LogP contribution in [0.3, 0.4) is 0 Å². The van der Waals surface area contributed by atoms with Gasteiger partial charge in [0.15, 0.2) is 5.82 Å². The van der Waals surface area contributed by atoms with Crippen molar-refractivity contribution in [1.29, 1.82) is 0 Å². The van der Waals surface area contributed by atoms with Crippen LogP contribution in [-0.4, -0.2) is 25.5 Å². The molecule has 0 bridgehead atoms. The molecule has 24 heavy (non-hydrogen) atoms. The lowest BCUT2D eigenvalue weighted by Gasteiger charge is -2.11. The van der Waals surface area contributed by atoms with Gasteiger partial charge in [0.1, 0.15) is 6.04 Å². The maximum atomic E-state index is 12.3. The minimum atomic E-state index is -0.418. The lowest BCUT2D eigenvalue weighted by atomic mass is 10.1. The van der Waals surface area contributed by atoms with Crippen molar-refractivity contribution in [3.63, 3.8) is 0 Å². The molecule has 0 aliphatic heterocycles. The van der Waals surface area contributed by atoms with Gasteiger partial charge in [0.2, 0.25) is 5.91 Å². The number of benzene rings is 1. The van der Waals surface area contributed by atoms with Crippen LogP contribution in [0.25, 0.3) is 0 Å². The van der Waals surface area contributed by atoms with E-state index in [-0.39, 0.29) is 5.91 Å². The first-order valence-corrected chi connectivity index (χ1v) is 8.40. The third kappa shape index (κ3) is 3.91. The number of hydrogen-bond acceptors (Lipinski definition) is 3. The number of aryl methyl sites for hydroxylation is 1. The van der Waals surface area contributed by atoms with Crippen molar-refractivity contribution in [2.45, 2.75) is 26.4 Å². The molecule has 0 spiro atoms. The number of aromatic nitrogens is 4. The van der Waals surface area contributed by atoms with Gasteiger partial charge in [-0.25, -0.2) is 0 Å². The zero-order chi connectivity index (χ0) is 17.1. The Balaban J connectivity index is 1.64. The molecule has 3 rings (SSSR count). The molecule has 1 amide bonds. The largest absolute Gasteiger partial charge is 0.307 e. The molecule has 1 N–H and O–H groups in total. The first kappa shape index (κ1) is 16.4. The standard InChI is InChI=1S/C17H18BrN5O/c1-12-4-3-5-14(8-12)10-22-7-6-16(21-22)20-17(24)13(2)23-11-15(18)9-19-23/h3-9,11,13H,10H2,1-2H3,(H,20,21,24). The number of anilines is 1. The molecule has 0 fully saturated rings. The molecule has 1 unspecified atom stereocenters. The Morgan fingerprint density at radius 3 is 2.92 bits per heavy atom. The summed E-state index contributed by atoms with van der Waals surface area (Å²) in [5, 5.41) is 11.4. The van der Waals surface area contributed by atoms with Gasteiger partial charge < -0.3 is 5.32 Å². The molecule has 2 aromatic heterocycles. The molecule has 3 aromatic rings. The van der Waals surface area contributed by atoms with Crippen molar-refractivity contribution in [2.24, 2.45) is 0 Å². The van der Waals surface area contributed by atoms with Crippen LogP contribution in [0.1, 0.15) is 24.1 Å². The maximum Gasteiger partial charge on any atom is 0.250 e. The van der Waals surface area contributed by atoms with Gasteiger partial charge >= 0.3 is 0 Å². The molecule has 2 heterocycles. The summed E-state index contributed by atoms with van der Waals surface area (Å²) in [4.78, 5) is 12.3. The lowest BCUT2D eigenvalue weighted by molar-refractivity contribution is -0.119. The number of amides is 1. The van der Waals surface area contributed by atoms with Gasteiger partial charge in [-0.2, -0.15) is 10.2 Å². The monoisotopic (exact) mass is 387 g/mol. The van der Waals surface area contributed by atoms with E-state index < -0.39 is 6.04 Å². The maximum absolute atomic E-state index is 12.3. The van der Waals surface area contributed by atoms with Gasteiger partial charge in [-0.15, -0.1) is 0 Å². The van der Waals surface area contributed by atoms with Crippen molar-refractivity contribution >= 4 is 27.7 Å². The highest BCUT2D eigenvalue weighted by atomic mass is 79.9. The molecule has 6 nitrogen and oxygen atoms in total. The molecule has 0 saturated carbocycles. The zero-order valence-corrected chi connectivity index (χ0v) is 15.1. The zero-order valence-electron chi connectivity index (χ0n) is 13.5. The molecule has 7 heteroatoms. The van der Waals surface area contributed by atoms with E-state index in [4.69, 9.17) is 0 Å². The number of nitrogens with one attached hydrogen (secondary N) is 1. The molecule has 1 aromatic carbocycles. The second-order valence-electron chi connectivity index (χ2n) is 5.69. The Kier molecular flexibility index (Phi) is 4.80. The predicted molar refractivity (Wildman–Crippen MR) is 95.8 cm³/mol. The Morgan fingerprint density at radius 1 is 1.38 bits per heavy atom. The lowest BCUT2D eigenvalue weighted by Crippen LogP contribution is -2.24. The fraction of sp³-hybridized carbons (Fsp3) is 0.235. The summed E-state index contributed by atoms with van der Waals surface area (Å²) in [7, 11) is 0. The van der Waals surface area contributed by atoms with Crippen LogP contribution in [0.2, 0.25) is 0 Å². The molecule has 0 aliphatic rings. The van der Waals surface area contributed by atoms with Gasteiger partial charge in [0, 0.05) is 18.5 Å². The van der Waals surface area contributed by atoms with Crippen molar-refractivity contribution in [2.75, 3.05) is 5.32 Å². The second kappa shape index (κ2) is 7.00. The normalized spacial score (nSPS) is 12.1. The molecular formula is C17H18BrN5O. The van der Waals surface area contributed by atoms with E-state index in [1.165, 1.54) is 11.1 Å². The summed E-state index contributed by atoms with van der Waals surface area (Å²) in [6, 6.07) is 9.65. The van der Waals surface area contributed by atoms with Crippen LogP contribution in [0.4, 0.5) is 5.82 Å². The van der Waals surface area contributed by atoms with Crippen LogP contribution >= 0.6 is 15.9 Å². The number of hydrogen-bond donors (Lipinski definition) is 1. The summed E-state index contributed by atoms with van der Waals surface area (Å²) in [6.45, 7) is 4.52. The third-order valence-corrected chi connectivity index (χ3v) is 4.07. The van der Waals surface area contributed by atoms with E-state index >= 15 is 0 Å². The van der Waals surface area contributed by atoms with E-state index in [1.807, 2.05) is 12.3 Å². The van der Waals surface area contributed by atoms with Crippen LogP contribution in [0.5, 0.6) is 0 Å². The minimum absolute atomic E-state index is 0.161. The minimum Gasteiger partial charge on any atom is -0.307 e. The number of carbonyl (C=O) groups excluding carboxylic acids is 1. The molecule has 124 valence electrons. The number of carbonyl (C=O) groups is 1. The van der Waals surface area contributed by atoms with E-state index in [0.717, 1.165) is 4.47 Å². The van der Waals surface area contributed by atoms with E-state index in [0.29, 0.717) is 12.4 Å². The van der Waals surface area contributed by atoms with Gasteiger partial charge in [-0.3, -0.25) is 14.2 Å². The quantitative estimate of drug-likeness (QED) is 0.729. The van der Waals surface area contributed by atoms with E-state index in [2.05, 4.69) is 56.6 Å². The van der Waals surface area contributed by atoms with Crippen molar-refractivity contribution in [1.82, 2.24) is 19.6 Å². The third-order valence-electron chi connectivity index (χ3n) is 3.67. The molecular weight excluding hydrogens is 370 g/mol. The molecule has 0 aliphatic carbocycles. The smallest absolute Gasteiger partial charge is 0.250 e. The fourth-order valence-corrected chi connectivity index (χ4v) is 2.69. The highest BCUT2D eigenvalue weighted by Crippen LogP contribution is 2.14. The van der Waals surface area contributed by atoms with Gasteiger partial charge in [-0.1, -0.05) is 29.8 Å². The fourth-order valence-electron chi connectivity index (χ4n) is 2.39. The van der Waals surface area contributed by atoms with Crippen LogP contribution in [-0.2, 0) is 11.3 Å². The topological polar surface area (TPSA) is 64.7 Å². The van der Waals surface area contributed by atoms with E-state index in [9.17, 15) is 4.79 Å². The average molecular weight is 388 g/mol. The Labute approximate surface area is 148 Å². The Hall–Kier alpha value is -2.41. The summed E-state index contributed by atoms with van der Waals surface area (Å²) < 4.78 is 4.24.